The molecule has 0 saturated heterocycles. The third-order valence-corrected chi connectivity index (χ3v) is 7.63. The minimum atomic E-state index is -0.385. The van der Waals surface area contributed by atoms with Crippen molar-refractivity contribution in [3.8, 4) is 0 Å². The summed E-state index contributed by atoms with van der Waals surface area (Å²) in [6.07, 6.45) is 21.0. The predicted octanol–water partition coefficient (Wildman–Crippen LogP) is 5.81. The van der Waals surface area contributed by atoms with Crippen LogP contribution in [0, 0.1) is 23.7 Å². The zero-order chi connectivity index (χ0) is 23.5. The zero-order valence-electron chi connectivity index (χ0n) is 20.8. The van der Waals surface area contributed by atoms with E-state index in [1.165, 1.54) is 50.5 Å². The van der Waals surface area contributed by atoms with E-state index in [0.29, 0.717) is 17.8 Å². The fourth-order valence-corrected chi connectivity index (χ4v) is 5.72. The third-order valence-electron chi connectivity index (χ3n) is 7.63. The standard InChI is InChI=1S/C29H46N2O2/c1-3-4-8-22(2)17-26(32)10-11-27-28-19-24(18-25(28)20-29(27)33)9-6-5-7-14-31-21-23-12-15-30-16-13-23/h10-13,15-16,18,22,25-29,31-33H,3-9,14,17,19-21H2,1-2H3/t22-,25+,26-,27-,28+,29-/m1/s1. The highest BCUT2D eigenvalue weighted by Gasteiger charge is 2.43. The van der Waals surface area contributed by atoms with Crippen molar-refractivity contribution < 1.29 is 10.2 Å². The van der Waals surface area contributed by atoms with Gasteiger partial charge >= 0.3 is 0 Å². The van der Waals surface area contributed by atoms with Crippen LogP contribution in [0.3, 0.4) is 0 Å². The van der Waals surface area contributed by atoms with Crippen LogP contribution in [0.1, 0.15) is 83.6 Å². The first-order valence-corrected chi connectivity index (χ1v) is 13.4. The zero-order valence-corrected chi connectivity index (χ0v) is 20.8. The van der Waals surface area contributed by atoms with Gasteiger partial charge in [-0.1, -0.05) is 63.3 Å². The van der Waals surface area contributed by atoms with Gasteiger partial charge in [-0.15, -0.1) is 0 Å². The maximum atomic E-state index is 10.6. The molecule has 2 aliphatic carbocycles. The van der Waals surface area contributed by atoms with E-state index >= 15 is 0 Å². The number of aromatic nitrogens is 1. The summed E-state index contributed by atoms with van der Waals surface area (Å²) in [6.45, 7) is 6.43. The van der Waals surface area contributed by atoms with E-state index in [0.717, 1.165) is 32.4 Å². The molecule has 1 aromatic rings. The second kappa shape index (κ2) is 14.0. The fourth-order valence-electron chi connectivity index (χ4n) is 5.72. The van der Waals surface area contributed by atoms with Crippen molar-refractivity contribution in [3.63, 3.8) is 0 Å². The van der Waals surface area contributed by atoms with Crippen molar-refractivity contribution in [2.45, 2.75) is 96.8 Å². The van der Waals surface area contributed by atoms with E-state index in [2.05, 4.69) is 48.4 Å². The summed E-state index contributed by atoms with van der Waals surface area (Å²) in [6, 6.07) is 4.12. The number of aliphatic hydroxyl groups excluding tert-OH is 2. The molecule has 1 fully saturated rings. The molecule has 4 nitrogen and oxygen atoms in total. The quantitative estimate of drug-likeness (QED) is 0.231. The molecule has 1 saturated carbocycles. The largest absolute Gasteiger partial charge is 0.392 e. The Morgan fingerprint density at radius 1 is 1.18 bits per heavy atom. The minimum Gasteiger partial charge on any atom is -0.392 e. The molecule has 2 aliphatic rings. The molecule has 1 heterocycles. The molecule has 0 aliphatic heterocycles. The number of unbranched alkanes of at least 4 members (excludes halogenated alkanes) is 3. The molecule has 3 rings (SSSR count). The van der Waals surface area contributed by atoms with Gasteiger partial charge in [0, 0.05) is 24.9 Å². The number of aliphatic hydroxyl groups is 2. The number of pyridine rings is 1. The van der Waals surface area contributed by atoms with Gasteiger partial charge in [0.15, 0.2) is 0 Å². The van der Waals surface area contributed by atoms with E-state index in [1.807, 2.05) is 18.5 Å². The van der Waals surface area contributed by atoms with E-state index in [9.17, 15) is 10.2 Å². The number of hydrogen-bond acceptors (Lipinski definition) is 4. The Kier molecular flexibility index (Phi) is 11.1. The predicted molar refractivity (Wildman–Crippen MR) is 137 cm³/mol. The highest BCUT2D eigenvalue weighted by atomic mass is 16.3. The van der Waals surface area contributed by atoms with Gasteiger partial charge in [0.1, 0.15) is 0 Å². The van der Waals surface area contributed by atoms with Crippen molar-refractivity contribution in [1.82, 2.24) is 10.3 Å². The Hall–Kier alpha value is -1.49. The Labute approximate surface area is 201 Å². The molecule has 3 N–H and O–H groups in total. The molecule has 33 heavy (non-hydrogen) atoms. The summed E-state index contributed by atoms with van der Waals surface area (Å²) in [5.74, 6) is 1.79. The first-order valence-electron chi connectivity index (χ1n) is 13.4. The fraction of sp³-hybridized carbons (Fsp3) is 0.690. The van der Waals surface area contributed by atoms with Crippen molar-refractivity contribution in [2.75, 3.05) is 6.54 Å². The number of hydrogen-bond donors (Lipinski definition) is 3. The average molecular weight is 455 g/mol. The smallest absolute Gasteiger partial charge is 0.0723 e. The van der Waals surface area contributed by atoms with Crippen LogP contribution in [0.5, 0.6) is 0 Å². The van der Waals surface area contributed by atoms with Crippen molar-refractivity contribution >= 4 is 0 Å². The van der Waals surface area contributed by atoms with Crippen LogP contribution >= 0.6 is 0 Å². The van der Waals surface area contributed by atoms with Gasteiger partial charge in [0.25, 0.3) is 0 Å². The number of nitrogens with one attached hydrogen (secondary N) is 1. The van der Waals surface area contributed by atoms with E-state index < -0.39 is 0 Å². The Bertz CT molecular complexity index is 732. The summed E-state index contributed by atoms with van der Waals surface area (Å²) in [7, 11) is 0. The minimum absolute atomic E-state index is 0.196. The molecule has 4 heteroatoms. The Morgan fingerprint density at radius 3 is 2.79 bits per heavy atom. The third kappa shape index (κ3) is 8.66. The highest BCUT2D eigenvalue weighted by Crippen LogP contribution is 2.48. The molecule has 0 unspecified atom stereocenters. The number of fused-ring (bicyclic) bond motifs is 1. The van der Waals surface area contributed by atoms with Crippen molar-refractivity contribution in [3.05, 3.63) is 53.9 Å². The number of rotatable bonds is 15. The molecule has 6 atom stereocenters. The summed E-state index contributed by atoms with van der Waals surface area (Å²) in [5.41, 5.74) is 2.88. The van der Waals surface area contributed by atoms with E-state index in [4.69, 9.17) is 0 Å². The average Bonchev–Trinajstić information content (AvgIpc) is 3.32. The first-order chi connectivity index (χ1) is 16.1. The molecule has 1 aromatic heterocycles. The topological polar surface area (TPSA) is 65.4 Å². The van der Waals surface area contributed by atoms with E-state index in [-0.39, 0.29) is 18.1 Å². The van der Waals surface area contributed by atoms with Crippen molar-refractivity contribution in [1.29, 1.82) is 0 Å². The summed E-state index contributed by atoms with van der Waals surface area (Å²) < 4.78 is 0. The molecule has 184 valence electrons. The highest BCUT2D eigenvalue weighted by molar-refractivity contribution is 5.21. The first kappa shape index (κ1) is 26.1. The van der Waals surface area contributed by atoms with Crippen LogP contribution in [0.2, 0.25) is 0 Å². The van der Waals surface area contributed by atoms with Crippen LogP contribution in [0.15, 0.2) is 48.3 Å². The van der Waals surface area contributed by atoms with Crippen LogP contribution < -0.4 is 5.32 Å². The maximum Gasteiger partial charge on any atom is 0.0723 e. The number of nitrogens with zero attached hydrogens (tertiary/aromatic N) is 1. The SMILES string of the molecule is CCCC[C@@H](C)C[C@H](O)C=C[C@@H]1[C@H]2CC(CCCCCNCc3ccncc3)=C[C@H]2C[C@H]1O. The summed E-state index contributed by atoms with van der Waals surface area (Å²) in [5, 5.41) is 24.6. The molecule has 0 aromatic carbocycles. The van der Waals surface area contributed by atoms with Crippen LogP contribution in [0.4, 0.5) is 0 Å². The van der Waals surface area contributed by atoms with Gasteiger partial charge in [-0.3, -0.25) is 4.98 Å². The summed E-state index contributed by atoms with van der Waals surface area (Å²) >= 11 is 0. The second-order valence-corrected chi connectivity index (χ2v) is 10.5. The lowest BCUT2D eigenvalue weighted by Crippen LogP contribution is -2.18. The van der Waals surface area contributed by atoms with Gasteiger partial charge < -0.3 is 15.5 Å². The molecular weight excluding hydrogens is 408 g/mol. The van der Waals surface area contributed by atoms with Gasteiger partial charge in [-0.2, -0.15) is 0 Å². The number of allylic oxidation sites excluding steroid dienone is 2. The molecule has 0 amide bonds. The normalized spacial score (nSPS) is 26.5. The Balaban J connectivity index is 1.32. The van der Waals surface area contributed by atoms with Crippen LogP contribution in [-0.4, -0.2) is 33.9 Å². The summed E-state index contributed by atoms with van der Waals surface area (Å²) in [4.78, 5) is 4.06. The second-order valence-electron chi connectivity index (χ2n) is 10.5. The maximum absolute atomic E-state index is 10.6. The molecule has 0 spiro atoms. The van der Waals surface area contributed by atoms with Gasteiger partial charge in [0.2, 0.25) is 0 Å². The molecule has 0 radical (unpaired) electrons. The van der Waals surface area contributed by atoms with Crippen molar-refractivity contribution in [2.24, 2.45) is 23.7 Å². The lowest BCUT2D eigenvalue weighted by molar-refractivity contribution is 0.139. The molecular formula is C29H46N2O2. The van der Waals surface area contributed by atoms with Crippen LogP contribution in [0.25, 0.3) is 0 Å². The van der Waals surface area contributed by atoms with Gasteiger partial charge in [-0.25, -0.2) is 0 Å². The lowest BCUT2D eigenvalue weighted by atomic mass is 9.88. The van der Waals surface area contributed by atoms with Gasteiger partial charge in [-0.05, 0) is 80.5 Å². The lowest BCUT2D eigenvalue weighted by Gasteiger charge is -2.19. The van der Waals surface area contributed by atoms with E-state index in [1.54, 1.807) is 5.57 Å². The van der Waals surface area contributed by atoms with Gasteiger partial charge in [0.05, 0.1) is 12.2 Å². The monoisotopic (exact) mass is 454 g/mol. The van der Waals surface area contributed by atoms with Crippen LogP contribution in [-0.2, 0) is 6.54 Å². The Morgan fingerprint density at radius 2 is 2.00 bits per heavy atom. The molecule has 0 bridgehead atoms.